The molecule has 0 aliphatic rings. The Morgan fingerprint density at radius 1 is 1.38 bits per heavy atom. The van der Waals surface area contributed by atoms with Crippen molar-refractivity contribution in [2.75, 3.05) is 27.1 Å². The first-order valence-electron chi connectivity index (χ1n) is 2.35. The summed E-state index contributed by atoms with van der Waals surface area (Å²) < 4.78 is 13.9. The van der Waals surface area contributed by atoms with Gasteiger partial charge in [-0.2, -0.15) is 0 Å². The first kappa shape index (κ1) is 7.88. The summed E-state index contributed by atoms with van der Waals surface area (Å²) in [5.74, 6) is 0. The van der Waals surface area contributed by atoms with Gasteiger partial charge in [0.25, 0.3) is 0 Å². The molecule has 0 fully saturated rings. The molecule has 0 aliphatic carbocycles. The highest BCUT2D eigenvalue weighted by Gasteiger charge is 1.81. The van der Waals surface area contributed by atoms with Gasteiger partial charge in [0.1, 0.15) is 6.79 Å². The zero-order chi connectivity index (χ0) is 6.24. The molecule has 0 atom stereocenters. The zero-order valence-electron chi connectivity index (χ0n) is 5.05. The third-order valence-electron chi connectivity index (χ3n) is 0.598. The van der Waals surface area contributed by atoms with Crippen LogP contribution in [0.3, 0.4) is 0 Å². The van der Waals surface area contributed by atoms with Crippen LogP contribution in [-0.4, -0.2) is 27.1 Å². The number of rotatable bonds is 5. The lowest BCUT2D eigenvalue weighted by atomic mass is 10.8. The predicted molar refractivity (Wildman–Crippen MR) is 29.1 cm³/mol. The Bertz CT molecular complexity index is 32.7. The van der Waals surface area contributed by atoms with Gasteiger partial charge in [-0.15, -0.1) is 0 Å². The monoisotopic (exact) mass is 119 g/mol. The van der Waals surface area contributed by atoms with Crippen LogP contribution >= 0.6 is 0 Å². The van der Waals surface area contributed by atoms with E-state index in [1.54, 1.807) is 7.11 Å². The maximum Gasteiger partial charge on any atom is 0.146 e. The summed E-state index contributed by atoms with van der Waals surface area (Å²) in [6, 6.07) is 0. The zero-order valence-corrected chi connectivity index (χ0v) is 5.05. The van der Waals surface area contributed by atoms with E-state index < -0.39 is 0 Å². The highest BCUT2D eigenvalue weighted by Crippen LogP contribution is 1.75. The molecule has 8 heavy (non-hydrogen) atoms. The molecular weight excluding hydrogens is 108 g/mol. The van der Waals surface area contributed by atoms with Crippen molar-refractivity contribution >= 4 is 0 Å². The second-order valence-corrected chi connectivity index (χ2v) is 1.22. The van der Waals surface area contributed by atoms with Crippen LogP contribution < -0.4 is 0 Å². The van der Waals surface area contributed by atoms with E-state index in [1.807, 2.05) is 0 Å². The van der Waals surface area contributed by atoms with E-state index in [9.17, 15) is 0 Å². The summed E-state index contributed by atoms with van der Waals surface area (Å²) in [6.07, 6.45) is 0. The minimum Gasteiger partial charge on any atom is -0.382 e. The first-order valence-corrected chi connectivity index (χ1v) is 2.35. The lowest BCUT2D eigenvalue weighted by Crippen LogP contribution is -2.02. The average Bonchev–Trinajstić information content (AvgIpc) is 1.81. The van der Waals surface area contributed by atoms with Crippen molar-refractivity contribution in [2.45, 2.75) is 0 Å². The van der Waals surface area contributed by atoms with Crippen LogP contribution in [0.5, 0.6) is 0 Å². The molecule has 1 radical (unpaired) electrons. The maximum atomic E-state index is 4.81. The SMILES string of the molecule is [CH2]OCOCCOC. The molecule has 0 amide bonds. The molecule has 0 spiro atoms. The predicted octanol–water partition coefficient (Wildman–Crippen LogP) is 0.415. The van der Waals surface area contributed by atoms with Gasteiger partial charge in [-0.1, -0.05) is 0 Å². The number of hydrogen-bond acceptors (Lipinski definition) is 3. The number of methoxy groups -OCH3 is 1. The fourth-order valence-electron chi connectivity index (χ4n) is 0.260. The van der Waals surface area contributed by atoms with E-state index in [0.29, 0.717) is 13.2 Å². The number of ether oxygens (including phenoxy) is 3. The van der Waals surface area contributed by atoms with Crippen molar-refractivity contribution in [1.82, 2.24) is 0 Å². The largest absolute Gasteiger partial charge is 0.382 e. The Morgan fingerprint density at radius 2 is 2.12 bits per heavy atom. The summed E-state index contributed by atoms with van der Waals surface area (Å²) in [5.41, 5.74) is 0. The molecule has 0 N–H and O–H groups in total. The normalized spacial score (nSPS) is 9.75. The van der Waals surface area contributed by atoms with Gasteiger partial charge in [-0.3, -0.25) is 0 Å². The molecule has 0 aromatic rings. The lowest BCUT2D eigenvalue weighted by Gasteiger charge is -1.98. The fraction of sp³-hybridized carbons (Fsp3) is 0.800. The van der Waals surface area contributed by atoms with Crippen molar-refractivity contribution in [3.05, 3.63) is 7.11 Å². The van der Waals surface area contributed by atoms with Crippen LogP contribution in [0.2, 0.25) is 0 Å². The molecule has 0 aliphatic heterocycles. The van der Waals surface area contributed by atoms with Gasteiger partial charge >= 0.3 is 0 Å². The summed E-state index contributed by atoms with van der Waals surface area (Å²) in [4.78, 5) is 0. The van der Waals surface area contributed by atoms with Crippen LogP contribution in [0, 0.1) is 7.11 Å². The van der Waals surface area contributed by atoms with Gasteiger partial charge in [0, 0.05) is 7.11 Å². The molecule has 0 bridgehead atoms. The van der Waals surface area contributed by atoms with Gasteiger partial charge in [0.15, 0.2) is 0 Å². The third-order valence-corrected chi connectivity index (χ3v) is 0.598. The molecule has 0 rings (SSSR count). The quantitative estimate of drug-likeness (QED) is 0.387. The van der Waals surface area contributed by atoms with Gasteiger partial charge < -0.3 is 14.2 Å². The summed E-state index contributed by atoms with van der Waals surface area (Å²) in [6.45, 7) is 1.40. The number of hydrogen-bond donors (Lipinski definition) is 0. The van der Waals surface area contributed by atoms with E-state index in [1.165, 1.54) is 0 Å². The van der Waals surface area contributed by atoms with Gasteiger partial charge in [-0.25, -0.2) is 0 Å². The Balaban J connectivity index is 2.53. The van der Waals surface area contributed by atoms with Crippen LogP contribution in [0.25, 0.3) is 0 Å². The third kappa shape index (κ3) is 5.88. The topological polar surface area (TPSA) is 27.7 Å². The summed E-state index contributed by atoms with van der Waals surface area (Å²) in [7, 11) is 4.74. The van der Waals surface area contributed by atoms with Crippen molar-refractivity contribution in [1.29, 1.82) is 0 Å². The van der Waals surface area contributed by atoms with Gasteiger partial charge in [0.05, 0.1) is 20.3 Å². The Kier molecular flexibility index (Phi) is 6.78. The molecule has 0 aromatic heterocycles. The highest BCUT2D eigenvalue weighted by molar-refractivity contribution is 4.20. The van der Waals surface area contributed by atoms with Crippen LogP contribution in [0.1, 0.15) is 0 Å². The molecule has 0 aromatic carbocycles. The Labute approximate surface area is 49.5 Å². The van der Waals surface area contributed by atoms with Crippen molar-refractivity contribution in [3.8, 4) is 0 Å². The average molecular weight is 119 g/mol. The van der Waals surface area contributed by atoms with E-state index in [-0.39, 0.29) is 6.79 Å². The van der Waals surface area contributed by atoms with Gasteiger partial charge in [0.2, 0.25) is 0 Å². The van der Waals surface area contributed by atoms with Gasteiger partial charge in [-0.05, 0) is 0 Å². The van der Waals surface area contributed by atoms with Crippen LogP contribution in [0.4, 0.5) is 0 Å². The lowest BCUT2D eigenvalue weighted by molar-refractivity contribution is -0.0322. The Hall–Kier alpha value is -0.120. The maximum absolute atomic E-state index is 4.81. The smallest absolute Gasteiger partial charge is 0.146 e. The van der Waals surface area contributed by atoms with E-state index >= 15 is 0 Å². The molecule has 3 nitrogen and oxygen atoms in total. The van der Waals surface area contributed by atoms with Crippen molar-refractivity contribution in [2.24, 2.45) is 0 Å². The van der Waals surface area contributed by atoms with E-state index in [2.05, 4.69) is 16.6 Å². The molecule has 3 heteroatoms. The Morgan fingerprint density at radius 3 is 2.62 bits per heavy atom. The van der Waals surface area contributed by atoms with Crippen LogP contribution in [0.15, 0.2) is 0 Å². The van der Waals surface area contributed by atoms with Crippen molar-refractivity contribution in [3.63, 3.8) is 0 Å². The van der Waals surface area contributed by atoms with E-state index in [0.717, 1.165) is 0 Å². The van der Waals surface area contributed by atoms with E-state index in [4.69, 9.17) is 4.74 Å². The molecule has 0 heterocycles. The highest BCUT2D eigenvalue weighted by atomic mass is 16.7. The second kappa shape index (κ2) is 6.88. The minimum atomic E-state index is 0.239. The molecule has 0 saturated carbocycles. The second-order valence-electron chi connectivity index (χ2n) is 1.22. The minimum absolute atomic E-state index is 0.239. The molecule has 0 saturated heterocycles. The summed E-state index contributed by atoms with van der Waals surface area (Å²) in [5, 5.41) is 0. The fourth-order valence-corrected chi connectivity index (χ4v) is 0.260. The van der Waals surface area contributed by atoms with Crippen LogP contribution in [-0.2, 0) is 14.2 Å². The molecule has 0 unspecified atom stereocenters. The van der Waals surface area contributed by atoms with Crippen molar-refractivity contribution < 1.29 is 14.2 Å². The standard InChI is InChI=1S/C5H11O3/c1-6-3-4-8-5-7-2/h2-5H2,1H3. The molecular formula is C5H11O3. The first-order chi connectivity index (χ1) is 3.91. The summed E-state index contributed by atoms with van der Waals surface area (Å²) >= 11 is 0. The molecule has 49 valence electrons.